The Balaban J connectivity index is 2.07. The van der Waals surface area contributed by atoms with Crippen molar-refractivity contribution in [2.45, 2.75) is 26.8 Å². The standard InChI is InChI=1S/C18H24N2/c1-3-20(18-10-4-15(2)5-11-18)14-17-8-6-16(7-9-17)12-13-19/h4-11H,3,12-14,19H2,1-2H3. The first-order chi connectivity index (χ1) is 9.72. The number of nitrogens with two attached hydrogens (primary N) is 1. The van der Waals surface area contributed by atoms with Crippen molar-refractivity contribution in [3.63, 3.8) is 0 Å². The van der Waals surface area contributed by atoms with Crippen LogP contribution in [0, 0.1) is 6.92 Å². The van der Waals surface area contributed by atoms with Gasteiger partial charge in [-0.15, -0.1) is 0 Å². The third kappa shape index (κ3) is 3.84. The minimum absolute atomic E-state index is 0.712. The minimum atomic E-state index is 0.712. The minimum Gasteiger partial charge on any atom is -0.367 e. The van der Waals surface area contributed by atoms with E-state index in [4.69, 9.17) is 5.73 Å². The molecule has 20 heavy (non-hydrogen) atoms. The second kappa shape index (κ2) is 7.11. The molecule has 2 rings (SSSR count). The first-order valence-electron chi connectivity index (χ1n) is 7.32. The molecule has 0 spiro atoms. The molecule has 0 radical (unpaired) electrons. The van der Waals surface area contributed by atoms with E-state index >= 15 is 0 Å². The monoisotopic (exact) mass is 268 g/mol. The molecule has 2 nitrogen and oxygen atoms in total. The van der Waals surface area contributed by atoms with E-state index in [0.29, 0.717) is 6.54 Å². The van der Waals surface area contributed by atoms with Gasteiger partial charge in [-0.1, -0.05) is 42.0 Å². The second-order valence-electron chi connectivity index (χ2n) is 5.20. The molecule has 0 heterocycles. The Morgan fingerprint density at radius 1 is 0.900 bits per heavy atom. The molecule has 0 fully saturated rings. The van der Waals surface area contributed by atoms with E-state index in [1.54, 1.807) is 0 Å². The molecule has 0 bridgehead atoms. The molecule has 2 aromatic carbocycles. The van der Waals surface area contributed by atoms with Crippen LogP contribution in [0.3, 0.4) is 0 Å². The van der Waals surface area contributed by atoms with Crippen LogP contribution in [0.25, 0.3) is 0 Å². The van der Waals surface area contributed by atoms with Gasteiger partial charge in [-0.3, -0.25) is 0 Å². The molecule has 0 amide bonds. The average Bonchev–Trinajstić information content (AvgIpc) is 2.48. The van der Waals surface area contributed by atoms with Crippen LogP contribution in [0.15, 0.2) is 48.5 Å². The highest BCUT2D eigenvalue weighted by molar-refractivity contribution is 5.48. The lowest BCUT2D eigenvalue weighted by atomic mass is 10.1. The fourth-order valence-electron chi connectivity index (χ4n) is 2.34. The molecule has 0 aromatic heterocycles. The Hall–Kier alpha value is -1.80. The van der Waals surface area contributed by atoms with Gasteiger partial charge in [0.1, 0.15) is 0 Å². The summed E-state index contributed by atoms with van der Waals surface area (Å²) in [5.74, 6) is 0. The number of aryl methyl sites for hydroxylation is 1. The van der Waals surface area contributed by atoms with Crippen molar-refractivity contribution in [3.05, 3.63) is 65.2 Å². The zero-order chi connectivity index (χ0) is 14.4. The quantitative estimate of drug-likeness (QED) is 0.868. The first kappa shape index (κ1) is 14.6. The summed E-state index contributed by atoms with van der Waals surface area (Å²) in [6, 6.07) is 17.5. The Bertz CT molecular complexity index is 514. The molecule has 0 aliphatic carbocycles. The third-order valence-electron chi connectivity index (χ3n) is 3.61. The maximum absolute atomic E-state index is 5.58. The van der Waals surface area contributed by atoms with Gasteiger partial charge in [-0.25, -0.2) is 0 Å². The summed E-state index contributed by atoms with van der Waals surface area (Å²) < 4.78 is 0. The highest BCUT2D eigenvalue weighted by Gasteiger charge is 2.05. The Morgan fingerprint density at radius 3 is 2.05 bits per heavy atom. The molecular weight excluding hydrogens is 244 g/mol. The second-order valence-corrected chi connectivity index (χ2v) is 5.20. The van der Waals surface area contributed by atoms with Crippen LogP contribution in [0.5, 0.6) is 0 Å². The van der Waals surface area contributed by atoms with Crippen molar-refractivity contribution in [2.75, 3.05) is 18.0 Å². The van der Waals surface area contributed by atoms with Crippen LogP contribution < -0.4 is 10.6 Å². The molecule has 0 aliphatic heterocycles. The number of rotatable bonds is 6. The lowest BCUT2D eigenvalue weighted by Crippen LogP contribution is -2.21. The Labute approximate surface area is 122 Å². The van der Waals surface area contributed by atoms with Crippen molar-refractivity contribution >= 4 is 5.69 Å². The van der Waals surface area contributed by atoms with Gasteiger partial charge >= 0.3 is 0 Å². The van der Waals surface area contributed by atoms with E-state index in [-0.39, 0.29) is 0 Å². The van der Waals surface area contributed by atoms with Gasteiger partial charge in [0.2, 0.25) is 0 Å². The van der Waals surface area contributed by atoms with Crippen molar-refractivity contribution in [1.82, 2.24) is 0 Å². The summed E-state index contributed by atoms with van der Waals surface area (Å²) in [6.45, 7) is 6.98. The lowest BCUT2D eigenvalue weighted by molar-refractivity contribution is 0.830. The van der Waals surface area contributed by atoms with Crippen LogP contribution in [-0.2, 0) is 13.0 Å². The van der Waals surface area contributed by atoms with Crippen molar-refractivity contribution < 1.29 is 0 Å². The zero-order valence-corrected chi connectivity index (χ0v) is 12.5. The molecule has 2 N–H and O–H groups in total. The molecule has 0 saturated heterocycles. The molecule has 2 heteroatoms. The summed E-state index contributed by atoms with van der Waals surface area (Å²) in [5.41, 5.74) is 10.8. The number of benzene rings is 2. The molecule has 0 saturated carbocycles. The van der Waals surface area contributed by atoms with E-state index in [9.17, 15) is 0 Å². The molecule has 0 atom stereocenters. The van der Waals surface area contributed by atoms with Gasteiger partial charge in [0.25, 0.3) is 0 Å². The summed E-state index contributed by atoms with van der Waals surface area (Å²) in [4.78, 5) is 2.39. The molecular formula is C18H24N2. The largest absolute Gasteiger partial charge is 0.367 e. The third-order valence-corrected chi connectivity index (χ3v) is 3.61. The van der Waals surface area contributed by atoms with E-state index in [2.05, 4.69) is 67.3 Å². The zero-order valence-electron chi connectivity index (χ0n) is 12.5. The predicted molar refractivity (Wildman–Crippen MR) is 87.1 cm³/mol. The summed E-state index contributed by atoms with van der Waals surface area (Å²) in [6.07, 6.45) is 0.954. The Kier molecular flexibility index (Phi) is 5.19. The smallest absolute Gasteiger partial charge is 0.0429 e. The van der Waals surface area contributed by atoms with E-state index < -0.39 is 0 Å². The number of hydrogen-bond acceptors (Lipinski definition) is 2. The van der Waals surface area contributed by atoms with E-state index in [0.717, 1.165) is 19.5 Å². The molecule has 2 aromatic rings. The Morgan fingerprint density at radius 2 is 1.50 bits per heavy atom. The van der Waals surface area contributed by atoms with E-state index in [1.807, 2.05) is 0 Å². The molecule has 0 aliphatic rings. The van der Waals surface area contributed by atoms with Crippen molar-refractivity contribution in [3.8, 4) is 0 Å². The van der Waals surface area contributed by atoms with Gasteiger partial charge in [0.05, 0.1) is 0 Å². The van der Waals surface area contributed by atoms with Crippen LogP contribution in [-0.4, -0.2) is 13.1 Å². The van der Waals surface area contributed by atoms with Gasteiger partial charge < -0.3 is 10.6 Å². The number of hydrogen-bond donors (Lipinski definition) is 1. The highest BCUT2D eigenvalue weighted by Crippen LogP contribution is 2.18. The van der Waals surface area contributed by atoms with Crippen LogP contribution in [0.4, 0.5) is 5.69 Å². The summed E-state index contributed by atoms with van der Waals surface area (Å²) in [5, 5.41) is 0. The topological polar surface area (TPSA) is 29.3 Å². The molecule has 0 unspecified atom stereocenters. The van der Waals surface area contributed by atoms with Crippen molar-refractivity contribution in [2.24, 2.45) is 5.73 Å². The normalized spacial score (nSPS) is 10.6. The number of nitrogens with zero attached hydrogens (tertiary/aromatic N) is 1. The van der Waals surface area contributed by atoms with Crippen LogP contribution in [0.1, 0.15) is 23.6 Å². The SMILES string of the molecule is CCN(Cc1ccc(CCN)cc1)c1ccc(C)cc1. The van der Waals surface area contributed by atoms with Gasteiger partial charge in [0, 0.05) is 18.8 Å². The fourth-order valence-corrected chi connectivity index (χ4v) is 2.34. The summed E-state index contributed by atoms with van der Waals surface area (Å²) >= 11 is 0. The van der Waals surface area contributed by atoms with Crippen LogP contribution in [0.2, 0.25) is 0 Å². The summed E-state index contributed by atoms with van der Waals surface area (Å²) in [7, 11) is 0. The van der Waals surface area contributed by atoms with Crippen LogP contribution >= 0.6 is 0 Å². The number of anilines is 1. The lowest BCUT2D eigenvalue weighted by Gasteiger charge is -2.23. The van der Waals surface area contributed by atoms with E-state index in [1.165, 1.54) is 22.4 Å². The maximum atomic E-state index is 5.58. The fraction of sp³-hybridized carbons (Fsp3) is 0.333. The van der Waals surface area contributed by atoms with Gasteiger partial charge in [-0.05, 0) is 50.1 Å². The predicted octanol–water partition coefficient (Wildman–Crippen LogP) is 3.52. The molecule has 106 valence electrons. The first-order valence-corrected chi connectivity index (χ1v) is 7.32. The van der Waals surface area contributed by atoms with Crippen molar-refractivity contribution in [1.29, 1.82) is 0 Å². The van der Waals surface area contributed by atoms with Gasteiger partial charge in [0.15, 0.2) is 0 Å². The van der Waals surface area contributed by atoms with Gasteiger partial charge in [-0.2, -0.15) is 0 Å². The average molecular weight is 268 g/mol. The highest BCUT2D eigenvalue weighted by atomic mass is 15.1. The maximum Gasteiger partial charge on any atom is 0.0429 e.